The Kier molecular flexibility index (Phi) is 4.45. The maximum absolute atomic E-state index is 9.23. The highest BCUT2D eigenvalue weighted by atomic mass is 16.7. The molecule has 1 aromatic heterocycles. The summed E-state index contributed by atoms with van der Waals surface area (Å²) in [5.74, 6) is 2.63. The molecular formula is C20H17N5O2. The van der Waals surface area contributed by atoms with E-state index < -0.39 is 0 Å². The number of aryl methyl sites for hydroxylation is 1. The van der Waals surface area contributed by atoms with Crippen LogP contribution in [0, 0.1) is 18.3 Å². The van der Waals surface area contributed by atoms with Gasteiger partial charge >= 0.3 is 0 Å². The number of rotatable bonds is 5. The number of hydrogen-bond donors (Lipinski definition) is 2. The molecule has 0 saturated carbocycles. The minimum Gasteiger partial charge on any atom is -0.454 e. The lowest BCUT2D eigenvalue weighted by Gasteiger charge is -2.11. The van der Waals surface area contributed by atoms with Crippen LogP contribution in [0.2, 0.25) is 0 Å². The summed E-state index contributed by atoms with van der Waals surface area (Å²) in [6.07, 6.45) is 0. The van der Waals surface area contributed by atoms with E-state index in [0.717, 1.165) is 22.8 Å². The van der Waals surface area contributed by atoms with Gasteiger partial charge in [0, 0.05) is 18.3 Å². The summed E-state index contributed by atoms with van der Waals surface area (Å²) >= 11 is 0. The van der Waals surface area contributed by atoms with Crippen LogP contribution in [-0.2, 0) is 6.54 Å². The molecule has 0 radical (unpaired) electrons. The van der Waals surface area contributed by atoms with Crippen LogP contribution in [0.5, 0.6) is 11.5 Å². The van der Waals surface area contributed by atoms with Crippen molar-refractivity contribution < 1.29 is 9.47 Å². The molecule has 2 aromatic carbocycles. The van der Waals surface area contributed by atoms with Crippen molar-refractivity contribution in [1.29, 1.82) is 5.26 Å². The van der Waals surface area contributed by atoms with Crippen molar-refractivity contribution in [3.8, 4) is 17.6 Å². The highest BCUT2D eigenvalue weighted by molar-refractivity contribution is 5.65. The molecule has 2 heterocycles. The van der Waals surface area contributed by atoms with Crippen LogP contribution in [0.1, 0.15) is 16.8 Å². The summed E-state index contributed by atoms with van der Waals surface area (Å²) in [5, 5.41) is 15.6. The van der Waals surface area contributed by atoms with E-state index in [1.54, 1.807) is 6.07 Å². The fourth-order valence-electron chi connectivity index (χ4n) is 2.77. The van der Waals surface area contributed by atoms with Gasteiger partial charge in [-0.2, -0.15) is 10.2 Å². The first-order valence-electron chi connectivity index (χ1n) is 8.45. The van der Waals surface area contributed by atoms with E-state index in [2.05, 4.69) is 26.7 Å². The number of hydrogen-bond acceptors (Lipinski definition) is 7. The van der Waals surface area contributed by atoms with E-state index in [1.807, 2.05) is 49.4 Å². The van der Waals surface area contributed by atoms with Crippen molar-refractivity contribution in [2.75, 3.05) is 17.4 Å². The van der Waals surface area contributed by atoms with Crippen LogP contribution < -0.4 is 20.1 Å². The van der Waals surface area contributed by atoms with Crippen LogP contribution >= 0.6 is 0 Å². The molecule has 7 nitrogen and oxygen atoms in total. The Balaban J connectivity index is 1.50. The van der Waals surface area contributed by atoms with E-state index in [9.17, 15) is 5.26 Å². The molecule has 2 N–H and O–H groups in total. The number of aromatic nitrogens is 2. The van der Waals surface area contributed by atoms with Gasteiger partial charge in [-0.1, -0.05) is 18.2 Å². The Morgan fingerprint density at radius 1 is 1.07 bits per heavy atom. The minimum atomic E-state index is 0.256. The number of para-hydroxylation sites is 1. The minimum absolute atomic E-state index is 0.256. The summed E-state index contributed by atoms with van der Waals surface area (Å²) in [7, 11) is 0. The SMILES string of the molecule is Cc1cc(Nc2ccccc2C#N)nc(NCc2ccc3c(c2)OCO3)n1. The number of anilines is 3. The molecule has 3 aromatic rings. The summed E-state index contributed by atoms with van der Waals surface area (Å²) < 4.78 is 10.7. The molecule has 0 spiro atoms. The van der Waals surface area contributed by atoms with Gasteiger partial charge in [-0.3, -0.25) is 0 Å². The second-order valence-electron chi connectivity index (χ2n) is 6.04. The Bertz CT molecular complexity index is 1030. The van der Waals surface area contributed by atoms with E-state index in [0.29, 0.717) is 29.6 Å². The number of nitrogens with one attached hydrogen (secondary N) is 2. The molecule has 1 aliphatic heterocycles. The van der Waals surface area contributed by atoms with Gasteiger partial charge in [0.1, 0.15) is 11.9 Å². The van der Waals surface area contributed by atoms with Crippen molar-refractivity contribution >= 4 is 17.5 Å². The zero-order valence-corrected chi connectivity index (χ0v) is 14.7. The summed E-state index contributed by atoms with van der Waals surface area (Å²) in [5.41, 5.74) is 3.12. The number of nitrogens with zero attached hydrogens (tertiary/aromatic N) is 3. The maximum Gasteiger partial charge on any atom is 0.231 e. The molecule has 7 heteroatoms. The number of benzene rings is 2. The fraction of sp³-hybridized carbons (Fsp3) is 0.150. The molecule has 0 atom stereocenters. The van der Waals surface area contributed by atoms with E-state index in [-0.39, 0.29) is 6.79 Å². The van der Waals surface area contributed by atoms with Gasteiger partial charge in [0.05, 0.1) is 11.3 Å². The summed E-state index contributed by atoms with van der Waals surface area (Å²) in [6.45, 7) is 2.70. The average molecular weight is 359 g/mol. The maximum atomic E-state index is 9.23. The zero-order valence-electron chi connectivity index (χ0n) is 14.7. The molecule has 27 heavy (non-hydrogen) atoms. The zero-order chi connectivity index (χ0) is 18.6. The summed E-state index contributed by atoms with van der Waals surface area (Å²) in [6, 6.07) is 17.1. The molecule has 1 aliphatic rings. The van der Waals surface area contributed by atoms with E-state index in [1.165, 1.54) is 0 Å². The predicted molar refractivity (Wildman–Crippen MR) is 101 cm³/mol. The van der Waals surface area contributed by atoms with Crippen molar-refractivity contribution in [2.45, 2.75) is 13.5 Å². The molecule has 0 saturated heterocycles. The van der Waals surface area contributed by atoms with Crippen molar-refractivity contribution in [1.82, 2.24) is 9.97 Å². The molecule has 4 rings (SSSR count). The van der Waals surface area contributed by atoms with Crippen LogP contribution in [0.4, 0.5) is 17.5 Å². The van der Waals surface area contributed by atoms with Crippen molar-refractivity contribution in [2.24, 2.45) is 0 Å². The number of fused-ring (bicyclic) bond motifs is 1. The van der Waals surface area contributed by atoms with Gasteiger partial charge in [-0.15, -0.1) is 0 Å². The van der Waals surface area contributed by atoms with E-state index in [4.69, 9.17) is 9.47 Å². The molecular weight excluding hydrogens is 342 g/mol. The average Bonchev–Trinajstić information content (AvgIpc) is 3.14. The van der Waals surface area contributed by atoms with Crippen LogP contribution in [-0.4, -0.2) is 16.8 Å². The van der Waals surface area contributed by atoms with Gasteiger partial charge in [0.15, 0.2) is 11.5 Å². The standard InChI is InChI=1S/C20H17N5O2/c1-13-8-19(24-16-5-3-2-4-15(16)10-21)25-20(23-13)22-11-14-6-7-17-18(9-14)27-12-26-17/h2-9H,11-12H2,1H3,(H2,22,23,24,25). The molecule has 0 fully saturated rings. The molecule has 0 bridgehead atoms. The van der Waals surface area contributed by atoms with Crippen LogP contribution in [0.3, 0.4) is 0 Å². The first-order chi connectivity index (χ1) is 13.2. The number of nitriles is 1. The fourth-order valence-corrected chi connectivity index (χ4v) is 2.77. The van der Waals surface area contributed by atoms with Gasteiger partial charge in [0.25, 0.3) is 0 Å². The van der Waals surface area contributed by atoms with Crippen LogP contribution in [0.15, 0.2) is 48.5 Å². The molecule has 0 unspecified atom stereocenters. The molecule has 0 amide bonds. The normalized spacial score (nSPS) is 11.7. The third-order valence-corrected chi connectivity index (χ3v) is 4.05. The second-order valence-corrected chi connectivity index (χ2v) is 6.04. The predicted octanol–water partition coefficient (Wildman–Crippen LogP) is 3.74. The highest BCUT2D eigenvalue weighted by Crippen LogP contribution is 2.32. The second kappa shape index (κ2) is 7.22. The van der Waals surface area contributed by atoms with Crippen LogP contribution in [0.25, 0.3) is 0 Å². The molecule has 0 aliphatic carbocycles. The molecule has 134 valence electrons. The van der Waals surface area contributed by atoms with Gasteiger partial charge in [0.2, 0.25) is 12.7 Å². The smallest absolute Gasteiger partial charge is 0.231 e. The first kappa shape index (κ1) is 16.7. The van der Waals surface area contributed by atoms with E-state index >= 15 is 0 Å². The number of ether oxygens (including phenoxy) is 2. The lowest BCUT2D eigenvalue weighted by molar-refractivity contribution is 0.174. The summed E-state index contributed by atoms with van der Waals surface area (Å²) in [4.78, 5) is 8.92. The largest absolute Gasteiger partial charge is 0.454 e. The topological polar surface area (TPSA) is 92.1 Å². The van der Waals surface area contributed by atoms with Crippen molar-refractivity contribution in [3.63, 3.8) is 0 Å². The lowest BCUT2D eigenvalue weighted by atomic mass is 10.2. The lowest BCUT2D eigenvalue weighted by Crippen LogP contribution is -2.06. The Hall–Kier alpha value is -3.79. The van der Waals surface area contributed by atoms with Gasteiger partial charge < -0.3 is 20.1 Å². The first-order valence-corrected chi connectivity index (χ1v) is 8.45. The van der Waals surface area contributed by atoms with Gasteiger partial charge in [-0.25, -0.2) is 4.98 Å². The Morgan fingerprint density at radius 2 is 1.93 bits per heavy atom. The third-order valence-electron chi connectivity index (χ3n) is 4.05. The Labute approximate surface area is 156 Å². The quantitative estimate of drug-likeness (QED) is 0.717. The highest BCUT2D eigenvalue weighted by Gasteiger charge is 2.13. The van der Waals surface area contributed by atoms with Crippen molar-refractivity contribution in [3.05, 3.63) is 65.4 Å². The Morgan fingerprint density at radius 3 is 2.81 bits per heavy atom. The third kappa shape index (κ3) is 3.75. The monoisotopic (exact) mass is 359 g/mol. The van der Waals surface area contributed by atoms with Gasteiger partial charge in [-0.05, 0) is 36.8 Å².